The zero-order chi connectivity index (χ0) is 20.0. The number of hydrogen-bond acceptors (Lipinski definition) is 6. The number of methoxy groups -OCH3 is 2. The highest BCUT2D eigenvalue weighted by atomic mass is 32.2. The maximum absolute atomic E-state index is 13.1. The molecule has 0 spiro atoms. The number of benzene rings is 2. The van der Waals surface area contributed by atoms with Crippen LogP contribution in [0, 0.1) is 11.7 Å². The van der Waals surface area contributed by atoms with Gasteiger partial charge in [-0.3, -0.25) is 9.59 Å². The molecule has 0 N–H and O–H groups in total. The number of carbonyl (C=O) groups is 2. The number of hydrogen-bond donors (Lipinski definition) is 0. The summed E-state index contributed by atoms with van der Waals surface area (Å²) in [6.45, 7) is 0. The van der Waals surface area contributed by atoms with Crippen molar-refractivity contribution in [2.45, 2.75) is 10.8 Å². The number of halogens is 1. The molecule has 0 saturated heterocycles. The Morgan fingerprint density at radius 1 is 0.926 bits per heavy atom. The van der Waals surface area contributed by atoms with Crippen molar-refractivity contribution in [1.82, 2.24) is 0 Å². The van der Waals surface area contributed by atoms with Crippen LogP contribution < -0.4 is 0 Å². The zero-order valence-electron chi connectivity index (χ0n) is 14.8. The maximum atomic E-state index is 13.1. The second kappa shape index (κ2) is 8.77. The van der Waals surface area contributed by atoms with E-state index in [-0.39, 0.29) is 4.90 Å². The Morgan fingerprint density at radius 3 is 1.93 bits per heavy atom. The lowest BCUT2D eigenvalue weighted by Gasteiger charge is -2.23. The predicted molar refractivity (Wildman–Crippen MR) is 95.2 cm³/mol. The van der Waals surface area contributed by atoms with Crippen molar-refractivity contribution in [3.05, 3.63) is 66.0 Å². The van der Waals surface area contributed by atoms with Gasteiger partial charge in [0.25, 0.3) is 0 Å². The van der Waals surface area contributed by atoms with Crippen LogP contribution >= 0.6 is 0 Å². The first-order valence-corrected chi connectivity index (χ1v) is 9.64. The van der Waals surface area contributed by atoms with Crippen LogP contribution in [-0.4, -0.2) is 40.3 Å². The summed E-state index contributed by atoms with van der Waals surface area (Å²) in [4.78, 5) is 24.3. The first-order chi connectivity index (χ1) is 12.8. The minimum Gasteiger partial charge on any atom is -0.468 e. The highest BCUT2D eigenvalue weighted by Crippen LogP contribution is 2.31. The standard InChI is InChI=1S/C19H19FO6S/c1-25-18(21)17(19(22)26-2)16(13-6-4-3-5-7-13)12-27(23,24)15-10-8-14(20)9-11-15/h3-11,16-17H,12H2,1-2H3. The molecule has 0 aliphatic rings. The van der Waals surface area contributed by atoms with Crippen LogP contribution in [-0.2, 0) is 28.9 Å². The van der Waals surface area contributed by atoms with Gasteiger partial charge in [-0.1, -0.05) is 30.3 Å². The number of sulfone groups is 1. The summed E-state index contributed by atoms with van der Waals surface area (Å²) in [5.74, 6) is -5.43. The smallest absolute Gasteiger partial charge is 0.320 e. The normalized spacial score (nSPS) is 12.4. The van der Waals surface area contributed by atoms with E-state index >= 15 is 0 Å². The monoisotopic (exact) mass is 394 g/mol. The molecular formula is C19H19FO6S. The summed E-state index contributed by atoms with van der Waals surface area (Å²) in [5, 5.41) is 0. The fraction of sp³-hybridized carbons (Fsp3) is 0.263. The SMILES string of the molecule is COC(=O)C(C(=O)OC)C(CS(=O)(=O)c1ccc(F)cc1)c1ccccc1. The second-order valence-electron chi connectivity index (χ2n) is 5.78. The number of rotatable bonds is 7. The van der Waals surface area contributed by atoms with Gasteiger partial charge < -0.3 is 9.47 Å². The van der Waals surface area contributed by atoms with Crippen LogP contribution in [0.2, 0.25) is 0 Å². The second-order valence-corrected chi connectivity index (χ2v) is 7.81. The van der Waals surface area contributed by atoms with Gasteiger partial charge in [0.1, 0.15) is 5.82 Å². The number of esters is 2. The summed E-state index contributed by atoms with van der Waals surface area (Å²) >= 11 is 0. The van der Waals surface area contributed by atoms with E-state index in [9.17, 15) is 22.4 Å². The van der Waals surface area contributed by atoms with E-state index in [2.05, 4.69) is 9.47 Å². The van der Waals surface area contributed by atoms with Gasteiger partial charge in [0, 0.05) is 5.92 Å². The Kier molecular flexibility index (Phi) is 6.68. The molecule has 0 saturated carbocycles. The lowest BCUT2D eigenvalue weighted by Crippen LogP contribution is -2.35. The van der Waals surface area contributed by atoms with Gasteiger partial charge in [0.2, 0.25) is 0 Å². The highest BCUT2D eigenvalue weighted by Gasteiger charge is 2.40. The van der Waals surface area contributed by atoms with E-state index in [1.165, 1.54) is 0 Å². The summed E-state index contributed by atoms with van der Waals surface area (Å²) in [7, 11) is -1.72. The third-order valence-electron chi connectivity index (χ3n) is 4.11. The van der Waals surface area contributed by atoms with E-state index in [0.717, 1.165) is 38.5 Å². The Labute approximate surface area is 156 Å². The van der Waals surface area contributed by atoms with Gasteiger partial charge in [-0.05, 0) is 29.8 Å². The molecule has 2 rings (SSSR count). The molecule has 2 aromatic carbocycles. The Balaban J connectivity index is 2.51. The summed E-state index contributed by atoms with van der Waals surface area (Å²) in [6, 6.07) is 12.6. The molecule has 27 heavy (non-hydrogen) atoms. The molecule has 2 aromatic rings. The Bertz CT molecular complexity index is 878. The van der Waals surface area contributed by atoms with E-state index in [1.54, 1.807) is 30.3 Å². The third kappa shape index (κ3) is 4.91. The van der Waals surface area contributed by atoms with Gasteiger partial charge in [-0.2, -0.15) is 0 Å². The van der Waals surface area contributed by atoms with Gasteiger partial charge in [-0.25, -0.2) is 12.8 Å². The average Bonchev–Trinajstić information content (AvgIpc) is 2.67. The van der Waals surface area contributed by atoms with Crippen LogP contribution in [0.3, 0.4) is 0 Å². The molecule has 0 amide bonds. The lowest BCUT2D eigenvalue weighted by atomic mass is 9.87. The lowest BCUT2D eigenvalue weighted by molar-refractivity contribution is -0.159. The van der Waals surface area contributed by atoms with Gasteiger partial charge in [0.05, 0.1) is 24.9 Å². The largest absolute Gasteiger partial charge is 0.468 e. The van der Waals surface area contributed by atoms with Gasteiger partial charge in [-0.15, -0.1) is 0 Å². The van der Waals surface area contributed by atoms with Crippen LogP contribution in [0.25, 0.3) is 0 Å². The molecule has 8 heteroatoms. The van der Waals surface area contributed by atoms with Gasteiger partial charge >= 0.3 is 11.9 Å². The maximum Gasteiger partial charge on any atom is 0.320 e. The average molecular weight is 394 g/mol. The van der Waals surface area contributed by atoms with Gasteiger partial charge in [0.15, 0.2) is 15.8 Å². The quantitative estimate of drug-likeness (QED) is 0.407. The minimum absolute atomic E-state index is 0.113. The van der Waals surface area contributed by atoms with Crippen molar-refractivity contribution < 1.29 is 31.9 Å². The summed E-state index contributed by atoms with van der Waals surface area (Å²) in [5.41, 5.74) is 0.462. The van der Waals surface area contributed by atoms with E-state index in [1.807, 2.05) is 0 Å². The molecule has 0 aromatic heterocycles. The molecule has 6 nitrogen and oxygen atoms in total. The van der Waals surface area contributed by atoms with Crippen LogP contribution in [0.4, 0.5) is 4.39 Å². The highest BCUT2D eigenvalue weighted by molar-refractivity contribution is 7.91. The van der Waals surface area contributed by atoms with Crippen molar-refractivity contribution in [2.24, 2.45) is 5.92 Å². The first-order valence-electron chi connectivity index (χ1n) is 7.99. The molecular weight excluding hydrogens is 375 g/mol. The predicted octanol–water partition coefficient (Wildman–Crippen LogP) is 2.35. The van der Waals surface area contributed by atoms with Crippen molar-refractivity contribution in [3.8, 4) is 0 Å². The van der Waals surface area contributed by atoms with Crippen molar-refractivity contribution in [3.63, 3.8) is 0 Å². The molecule has 144 valence electrons. The summed E-state index contributed by atoms with van der Waals surface area (Å²) < 4.78 is 48.1. The van der Waals surface area contributed by atoms with E-state index in [0.29, 0.717) is 5.56 Å². The molecule has 0 aliphatic heterocycles. The fourth-order valence-corrected chi connectivity index (χ4v) is 4.34. The third-order valence-corrected chi connectivity index (χ3v) is 5.90. The Hall–Kier alpha value is -2.74. The van der Waals surface area contributed by atoms with Crippen LogP contribution in [0.1, 0.15) is 11.5 Å². The van der Waals surface area contributed by atoms with E-state index in [4.69, 9.17) is 0 Å². The first kappa shape index (κ1) is 20.6. The van der Waals surface area contributed by atoms with Crippen molar-refractivity contribution in [1.29, 1.82) is 0 Å². The van der Waals surface area contributed by atoms with Crippen LogP contribution in [0.5, 0.6) is 0 Å². The van der Waals surface area contributed by atoms with Crippen molar-refractivity contribution >= 4 is 21.8 Å². The summed E-state index contributed by atoms with van der Waals surface area (Å²) in [6.07, 6.45) is 0. The van der Waals surface area contributed by atoms with Crippen LogP contribution in [0.15, 0.2) is 59.5 Å². The van der Waals surface area contributed by atoms with E-state index < -0.39 is 45.2 Å². The minimum atomic E-state index is -3.94. The molecule has 0 aliphatic carbocycles. The molecule has 0 fully saturated rings. The molecule has 0 bridgehead atoms. The number of ether oxygens (including phenoxy) is 2. The fourth-order valence-electron chi connectivity index (χ4n) is 2.74. The Morgan fingerprint density at radius 2 is 1.44 bits per heavy atom. The molecule has 1 atom stereocenters. The zero-order valence-corrected chi connectivity index (χ0v) is 15.6. The molecule has 1 unspecified atom stereocenters. The van der Waals surface area contributed by atoms with Crippen molar-refractivity contribution in [2.75, 3.05) is 20.0 Å². The number of carbonyl (C=O) groups excluding carboxylic acids is 2. The topological polar surface area (TPSA) is 86.7 Å². The molecule has 0 heterocycles. The molecule has 0 radical (unpaired) electrons.